The number of ether oxygens (including phenoxy) is 1. The van der Waals surface area contributed by atoms with Gasteiger partial charge in [0, 0.05) is 18.7 Å². The van der Waals surface area contributed by atoms with Gasteiger partial charge in [0.05, 0.1) is 6.61 Å². The van der Waals surface area contributed by atoms with Crippen LogP contribution in [0.15, 0.2) is 53.2 Å². The number of nitrogens with zero attached hydrogens (tertiary/aromatic N) is 2. The van der Waals surface area contributed by atoms with Gasteiger partial charge in [0.25, 0.3) is 0 Å². The van der Waals surface area contributed by atoms with Crippen molar-refractivity contribution in [1.82, 2.24) is 4.90 Å². The summed E-state index contributed by atoms with van der Waals surface area (Å²) in [6, 6.07) is 10.2. The fourth-order valence-electron chi connectivity index (χ4n) is 2.60. The minimum atomic E-state index is -0.345. The summed E-state index contributed by atoms with van der Waals surface area (Å²) in [5, 5.41) is 0. The van der Waals surface area contributed by atoms with Crippen LogP contribution in [-0.4, -0.2) is 36.4 Å². The molecule has 0 saturated carbocycles. The molecule has 0 amide bonds. The Bertz CT molecular complexity index is 629. The van der Waals surface area contributed by atoms with Crippen LogP contribution in [0.3, 0.4) is 0 Å². The molecule has 2 aliphatic heterocycles. The second-order valence-electron chi connectivity index (χ2n) is 4.96. The third-order valence-electron chi connectivity index (χ3n) is 3.59. The van der Waals surface area contributed by atoms with Crippen molar-refractivity contribution < 1.29 is 9.53 Å². The Hall–Kier alpha value is -2.36. The molecule has 0 bridgehead atoms. The third kappa shape index (κ3) is 2.75. The number of rotatable bonds is 3. The van der Waals surface area contributed by atoms with Crippen LogP contribution >= 0.6 is 0 Å². The molecule has 0 saturated heterocycles. The molecular formula is C17H18N2O2. The number of hydrogen-bond donors (Lipinski definition) is 0. The number of esters is 1. The lowest BCUT2D eigenvalue weighted by Crippen LogP contribution is -2.38. The predicted octanol–water partition coefficient (Wildman–Crippen LogP) is 2.63. The number of carbonyl (C=O) groups excluding carboxylic acids is 1. The van der Waals surface area contributed by atoms with Gasteiger partial charge in [-0.15, -0.1) is 0 Å². The first-order valence-electron chi connectivity index (χ1n) is 7.26. The van der Waals surface area contributed by atoms with Crippen LogP contribution in [0.25, 0.3) is 5.57 Å². The van der Waals surface area contributed by atoms with E-state index in [1.54, 1.807) is 6.92 Å². The van der Waals surface area contributed by atoms with Crippen molar-refractivity contribution in [1.29, 1.82) is 0 Å². The standard InChI is InChI=1S/C17H18N2O2/c1-2-21-17(20)15-10-12-19-11-6-9-14(16(19)18-15)13-7-4-3-5-8-13/h3-5,7-10H,2,6,11-12H2,1H3. The first kappa shape index (κ1) is 13.6. The number of benzene rings is 1. The maximum absolute atomic E-state index is 11.9. The van der Waals surface area contributed by atoms with Gasteiger partial charge in [-0.2, -0.15) is 0 Å². The Kier molecular flexibility index (Phi) is 3.86. The summed E-state index contributed by atoms with van der Waals surface area (Å²) in [6.45, 7) is 3.81. The SMILES string of the molecule is CCOC(=O)C1=CCN2CCC=C(c3ccccc3)C2=N1. The maximum Gasteiger partial charge on any atom is 0.356 e. The summed E-state index contributed by atoms with van der Waals surface area (Å²) < 4.78 is 5.05. The second kappa shape index (κ2) is 5.95. The Labute approximate surface area is 124 Å². The Morgan fingerprint density at radius 1 is 1.29 bits per heavy atom. The molecule has 0 aliphatic carbocycles. The van der Waals surface area contributed by atoms with Crippen molar-refractivity contribution >= 4 is 17.4 Å². The number of fused-ring (bicyclic) bond motifs is 1. The topological polar surface area (TPSA) is 41.9 Å². The van der Waals surface area contributed by atoms with Crippen molar-refractivity contribution in [2.45, 2.75) is 13.3 Å². The van der Waals surface area contributed by atoms with Crippen molar-refractivity contribution in [2.75, 3.05) is 19.7 Å². The van der Waals surface area contributed by atoms with Crippen LogP contribution in [-0.2, 0) is 9.53 Å². The smallest absolute Gasteiger partial charge is 0.356 e. The van der Waals surface area contributed by atoms with Crippen LogP contribution in [0.4, 0.5) is 0 Å². The van der Waals surface area contributed by atoms with Gasteiger partial charge < -0.3 is 9.64 Å². The molecule has 2 heterocycles. The van der Waals surface area contributed by atoms with Gasteiger partial charge in [0.2, 0.25) is 0 Å². The van der Waals surface area contributed by atoms with E-state index in [0.717, 1.165) is 29.9 Å². The number of carbonyl (C=O) groups is 1. The largest absolute Gasteiger partial charge is 0.461 e. The third-order valence-corrected chi connectivity index (χ3v) is 3.59. The lowest BCUT2D eigenvalue weighted by molar-refractivity contribution is -0.138. The summed E-state index contributed by atoms with van der Waals surface area (Å²) in [5.74, 6) is 0.528. The second-order valence-corrected chi connectivity index (χ2v) is 4.96. The van der Waals surface area contributed by atoms with E-state index < -0.39 is 0 Å². The highest BCUT2D eigenvalue weighted by atomic mass is 16.5. The average Bonchev–Trinajstić information content (AvgIpc) is 2.55. The number of hydrogen-bond acceptors (Lipinski definition) is 4. The zero-order valence-electron chi connectivity index (χ0n) is 12.1. The molecule has 3 rings (SSSR count). The van der Waals surface area contributed by atoms with Gasteiger partial charge in [-0.1, -0.05) is 36.4 Å². The normalized spacial score (nSPS) is 17.4. The van der Waals surface area contributed by atoms with Crippen LogP contribution in [0.5, 0.6) is 0 Å². The van der Waals surface area contributed by atoms with E-state index >= 15 is 0 Å². The molecule has 1 aromatic carbocycles. The highest BCUT2D eigenvalue weighted by molar-refractivity contribution is 6.24. The van der Waals surface area contributed by atoms with Gasteiger partial charge in [-0.05, 0) is 25.0 Å². The summed E-state index contributed by atoms with van der Waals surface area (Å²) in [7, 11) is 0. The molecule has 0 radical (unpaired) electrons. The van der Waals surface area contributed by atoms with E-state index in [0.29, 0.717) is 18.8 Å². The molecule has 0 spiro atoms. The van der Waals surface area contributed by atoms with Crippen LogP contribution in [0, 0.1) is 0 Å². The molecule has 2 aliphatic rings. The quantitative estimate of drug-likeness (QED) is 0.800. The number of amidine groups is 1. The molecule has 0 fully saturated rings. The summed E-state index contributed by atoms with van der Waals surface area (Å²) in [5.41, 5.74) is 2.63. The monoisotopic (exact) mass is 282 g/mol. The molecule has 4 nitrogen and oxygen atoms in total. The van der Waals surface area contributed by atoms with Gasteiger partial charge in [-0.25, -0.2) is 9.79 Å². The Morgan fingerprint density at radius 3 is 2.86 bits per heavy atom. The van der Waals surface area contributed by atoms with Gasteiger partial charge in [0.15, 0.2) is 0 Å². The minimum Gasteiger partial charge on any atom is -0.461 e. The lowest BCUT2D eigenvalue weighted by Gasteiger charge is -2.32. The highest BCUT2D eigenvalue weighted by Crippen LogP contribution is 2.26. The highest BCUT2D eigenvalue weighted by Gasteiger charge is 2.25. The van der Waals surface area contributed by atoms with E-state index in [-0.39, 0.29) is 5.97 Å². The molecule has 0 aromatic heterocycles. The average molecular weight is 282 g/mol. The first-order valence-corrected chi connectivity index (χ1v) is 7.26. The van der Waals surface area contributed by atoms with Crippen molar-refractivity contribution in [3.05, 3.63) is 53.7 Å². The van der Waals surface area contributed by atoms with Crippen LogP contribution < -0.4 is 0 Å². The molecule has 4 heteroatoms. The maximum atomic E-state index is 11.9. The van der Waals surface area contributed by atoms with Crippen LogP contribution in [0.2, 0.25) is 0 Å². The van der Waals surface area contributed by atoms with Gasteiger partial charge in [0.1, 0.15) is 11.5 Å². The van der Waals surface area contributed by atoms with Crippen molar-refractivity contribution in [3.8, 4) is 0 Å². The Morgan fingerprint density at radius 2 is 2.10 bits per heavy atom. The molecule has 0 unspecified atom stereocenters. The van der Waals surface area contributed by atoms with Crippen molar-refractivity contribution in [3.63, 3.8) is 0 Å². The molecule has 21 heavy (non-hydrogen) atoms. The van der Waals surface area contributed by atoms with Gasteiger partial charge >= 0.3 is 5.97 Å². The fourth-order valence-corrected chi connectivity index (χ4v) is 2.60. The van der Waals surface area contributed by atoms with E-state index in [1.165, 1.54) is 0 Å². The van der Waals surface area contributed by atoms with E-state index in [2.05, 4.69) is 28.1 Å². The summed E-state index contributed by atoms with van der Waals surface area (Å²) in [6.07, 6.45) is 5.03. The molecule has 0 atom stereocenters. The van der Waals surface area contributed by atoms with E-state index in [4.69, 9.17) is 4.74 Å². The zero-order chi connectivity index (χ0) is 14.7. The molecule has 0 N–H and O–H groups in total. The van der Waals surface area contributed by atoms with Gasteiger partial charge in [-0.3, -0.25) is 0 Å². The van der Waals surface area contributed by atoms with E-state index in [9.17, 15) is 4.79 Å². The lowest BCUT2D eigenvalue weighted by atomic mass is 9.99. The van der Waals surface area contributed by atoms with Crippen molar-refractivity contribution in [2.24, 2.45) is 4.99 Å². The fraction of sp³-hybridized carbons (Fsp3) is 0.294. The molecule has 108 valence electrons. The number of aliphatic imine (C=N–C) groups is 1. The first-order chi connectivity index (χ1) is 10.3. The summed E-state index contributed by atoms with van der Waals surface area (Å²) >= 11 is 0. The Balaban J connectivity index is 1.94. The minimum absolute atomic E-state index is 0.345. The van der Waals surface area contributed by atoms with E-state index in [1.807, 2.05) is 24.3 Å². The van der Waals surface area contributed by atoms with Crippen LogP contribution in [0.1, 0.15) is 18.9 Å². The zero-order valence-corrected chi connectivity index (χ0v) is 12.1. The predicted molar refractivity (Wildman–Crippen MR) is 82.8 cm³/mol. The summed E-state index contributed by atoms with van der Waals surface area (Å²) in [4.78, 5) is 18.6. The molecular weight excluding hydrogens is 264 g/mol. The molecule has 1 aromatic rings.